The van der Waals surface area contributed by atoms with E-state index in [0.717, 1.165) is 22.4 Å². The smallest absolute Gasteiger partial charge is 0.308 e. The minimum absolute atomic E-state index is 0.379. The average molecular weight is 429 g/mol. The highest BCUT2D eigenvalue weighted by Crippen LogP contribution is 2.26. The maximum Gasteiger partial charge on any atom is 0.324 e. The molecule has 0 unspecified atom stereocenters. The summed E-state index contributed by atoms with van der Waals surface area (Å²) in [6.07, 6.45) is 0. The largest absolute Gasteiger partial charge is 0.324 e. The fourth-order valence-corrected chi connectivity index (χ4v) is 3.26. The van der Waals surface area contributed by atoms with Gasteiger partial charge in [-0.15, -0.1) is 0 Å². The molecule has 0 aliphatic rings. The average Bonchev–Trinajstić information content (AvgIpc) is 3.20. The van der Waals surface area contributed by atoms with Gasteiger partial charge in [-0.25, -0.2) is 9.48 Å². The third-order valence-electron chi connectivity index (χ3n) is 4.69. The van der Waals surface area contributed by atoms with Crippen LogP contribution in [0.15, 0.2) is 91.5 Å². The van der Waals surface area contributed by atoms with Crippen molar-refractivity contribution in [3.63, 3.8) is 0 Å². The molecule has 154 valence electrons. The number of halogens is 1. The summed E-state index contributed by atoms with van der Waals surface area (Å²) in [5.74, 6) is 0.537. The Labute approximate surface area is 186 Å². The minimum atomic E-state index is -0.379. The van der Waals surface area contributed by atoms with Crippen molar-refractivity contribution in [1.29, 1.82) is 0 Å². The molecule has 0 atom stereocenters. The number of carbonyl (C=O) groups excluding carboxylic acids is 1. The first-order valence-corrected chi connectivity index (χ1v) is 10.1. The Morgan fingerprint density at radius 2 is 1.61 bits per heavy atom. The highest BCUT2D eigenvalue weighted by molar-refractivity contribution is 6.30. The van der Waals surface area contributed by atoms with Crippen molar-refractivity contribution in [2.24, 2.45) is 0 Å². The van der Waals surface area contributed by atoms with Gasteiger partial charge in [-0.3, -0.25) is 5.32 Å². The van der Waals surface area contributed by atoms with E-state index >= 15 is 0 Å². The lowest BCUT2D eigenvalue weighted by atomic mass is 10.1. The SMILES string of the molecule is C=C(C)c1cc(NC(=O)Nc2ccc(Cl)cc2)n(-c2cccc(-c3ccccc3)c2)n1. The van der Waals surface area contributed by atoms with E-state index in [9.17, 15) is 4.79 Å². The Morgan fingerprint density at radius 1 is 0.903 bits per heavy atom. The molecule has 5 nitrogen and oxygen atoms in total. The van der Waals surface area contributed by atoms with Crippen molar-refractivity contribution in [3.8, 4) is 16.8 Å². The third kappa shape index (κ3) is 4.85. The van der Waals surface area contributed by atoms with Gasteiger partial charge in [0.1, 0.15) is 5.82 Å². The van der Waals surface area contributed by atoms with Crippen molar-refractivity contribution in [1.82, 2.24) is 9.78 Å². The summed E-state index contributed by atoms with van der Waals surface area (Å²) in [4.78, 5) is 12.6. The minimum Gasteiger partial charge on any atom is -0.308 e. The van der Waals surface area contributed by atoms with Crippen molar-refractivity contribution in [2.75, 3.05) is 10.6 Å². The zero-order chi connectivity index (χ0) is 21.8. The molecule has 0 spiro atoms. The Kier molecular flexibility index (Phi) is 5.87. The number of amides is 2. The van der Waals surface area contributed by atoms with Gasteiger partial charge in [0, 0.05) is 16.8 Å². The number of hydrogen-bond donors (Lipinski definition) is 2. The highest BCUT2D eigenvalue weighted by atomic mass is 35.5. The van der Waals surface area contributed by atoms with E-state index in [0.29, 0.717) is 22.2 Å². The maximum atomic E-state index is 12.6. The van der Waals surface area contributed by atoms with Crippen LogP contribution in [0.1, 0.15) is 12.6 Å². The Hall–Kier alpha value is -3.83. The number of nitrogens with zero attached hydrogens (tertiary/aromatic N) is 2. The zero-order valence-corrected chi connectivity index (χ0v) is 17.7. The normalized spacial score (nSPS) is 10.5. The second-order valence-corrected chi connectivity index (χ2v) is 7.55. The van der Waals surface area contributed by atoms with Crippen LogP contribution in [-0.4, -0.2) is 15.8 Å². The molecule has 31 heavy (non-hydrogen) atoms. The van der Waals surface area contributed by atoms with Crippen molar-refractivity contribution < 1.29 is 4.79 Å². The molecule has 0 radical (unpaired) electrons. The Balaban J connectivity index is 1.65. The van der Waals surface area contributed by atoms with Crippen LogP contribution in [0.4, 0.5) is 16.3 Å². The van der Waals surface area contributed by atoms with Crippen LogP contribution in [0.25, 0.3) is 22.4 Å². The highest BCUT2D eigenvalue weighted by Gasteiger charge is 2.14. The van der Waals surface area contributed by atoms with E-state index < -0.39 is 0 Å². The predicted octanol–water partition coefficient (Wildman–Crippen LogP) is 6.87. The first-order valence-electron chi connectivity index (χ1n) is 9.75. The molecule has 2 N–H and O–H groups in total. The number of benzene rings is 3. The second kappa shape index (κ2) is 8.90. The number of urea groups is 1. The molecule has 0 bridgehead atoms. The number of nitrogens with one attached hydrogen (secondary N) is 2. The molecule has 4 rings (SSSR count). The molecule has 4 aromatic rings. The molecule has 0 aliphatic carbocycles. The number of carbonyl (C=O) groups is 1. The third-order valence-corrected chi connectivity index (χ3v) is 4.94. The van der Waals surface area contributed by atoms with E-state index in [1.807, 2.05) is 49.4 Å². The number of allylic oxidation sites excluding steroid dienone is 1. The number of hydrogen-bond acceptors (Lipinski definition) is 2. The van der Waals surface area contributed by atoms with Gasteiger partial charge in [-0.2, -0.15) is 5.10 Å². The quantitative estimate of drug-likeness (QED) is 0.364. The maximum absolute atomic E-state index is 12.6. The van der Waals surface area contributed by atoms with Gasteiger partial charge in [-0.05, 0) is 60.0 Å². The van der Waals surface area contributed by atoms with Gasteiger partial charge in [0.05, 0.1) is 11.4 Å². The summed E-state index contributed by atoms with van der Waals surface area (Å²) in [6.45, 7) is 5.86. The van der Waals surface area contributed by atoms with Crippen molar-refractivity contribution in [2.45, 2.75) is 6.92 Å². The number of aromatic nitrogens is 2. The fraction of sp³-hybridized carbons (Fsp3) is 0.0400. The molecule has 1 heterocycles. The van der Waals surface area contributed by atoms with Crippen LogP contribution >= 0.6 is 11.6 Å². The fourth-order valence-electron chi connectivity index (χ4n) is 3.14. The Bertz CT molecular complexity index is 1230. The van der Waals surface area contributed by atoms with Crippen LogP contribution in [0.3, 0.4) is 0 Å². The molecular formula is C25H21ClN4O. The molecule has 0 fully saturated rings. The number of anilines is 2. The zero-order valence-electron chi connectivity index (χ0n) is 17.0. The van der Waals surface area contributed by atoms with Crippen molar-refractivity contribution in [3.05, 3.63) is 102 Å². The Morgan fingerprint density at radius 3 is 2.32 bits per heavy atom. The summed E-state index contributed by atoms with van der Waals surface area (Å²) < 4.78 is 1.71. The van der Waals surface area contributed by atoms with Gasteiger partial charge in [0.25, 0.3) is 0 Å². The van der Waals surface area contributed by atoms with Gasteiger partial charge in [-0.1, -0.05) is 60.6 Å². The van der Waals surface area contributed by atoms with E-state index in [1.54, 1.807) is 35.0 Å². The summed E-state index contributed by atoms with van der Waals surface area (Å²) in [7, 11) is 0. The van der Waals surface area contributed by atoms with Gasteiger partial charge in [0.15, 0.2) is 0 Å². The molecule has 2 amide bonds. The molecule has 0 aliphatic heterocycles. The summed E-state index contributed by atoms with van der Waals surface area (Å²) >= 11 is 5.91. The first kappa shape index (κ1) is 20.4. The van der Waals surface area contributed by atoms with E-state index in [2.05, 4.69) is 34.4 Å². The van der Waals surface area contributed by atoms with E-state index in [4.69, 9.17) is 11.6 Å². The lowest BCUT2D eigenvalue weighted by molar-refractivity contribution is 0.262. The molecule has 0 saturated carbocycles. The topological polar surface area (TPSA) is 59.0 Å². The van der Waals surface area contributed by atoms with Crippen LogP contribution in [-0.2, 0) is 0 Å². The van der Waals surface area contributed by atoms with Crippen molar-refractivity contribution >= 4 is 34.7 Å². The summed E-state index contributed by atoms with van der Waals surface area (Å²) in [5, 5.41) is 10.9. The molecule has 1 aromatic heterocycles. The van der Waals surface area contributed by atoms with Crippen LogP contribution in [0.5, 0.6) is 0 Å². The van der Waals surface area contributed by atoms with Gasteiger partial charge in [0.2, 0.25) is 0 Å². The molecule has 3 aromatic carbocycles. The molecule has 6 heteroatoms. The van der Waals surface area contributed by atoms with E-state index in [1.165, 1.54) is 0 Å². The van der Waals surface area contributed by atoms with Gasteiger partial charge >= 0.3 is 6.03 Å². The monoisotopic (exact) mass is 428 g/mol. The predicted molar refractivity (Wildman–Crippen MR) is 128 cm³/mol. The van der Waals surface area contributed by atoms with Crippen LogP contribution < -0.4 is 10.6 Å². The van der Waals surface area contributed by atoms with Gasteiger partial charge < -0.3 is 5.32 Å². The molecular weight excluding hydrogens is 408 g/mol. The molecule has 0 saturated heterocycles. The lowest BCUT2D eigenvalue weighted by Gasteiger charge is -2.11. The first-order chi connectivity index (χ1) is 15.0. The summed E-state index contributed by atoms with van der Waals surface area (Å²) in [6, 6.07) is 26.4. The summed E-state index contributed by atoms with van der Waals surface area (Å²) in [5.41, 5.74) is 5.13. The second-order valence-electron chi connectivity index (χ2n) is 7.11. The van der Waals surface area contributed by atoms with Crippen LogP contribution in [0, 0.1) is 0 Å². The van der Waals surface area contributed by atoms with Crippen LogP contribution in [0.2, 0.25) is 5.02 Å². The standard InChI is InChI=1S/C25H21ClN4O/c1-17(2)23-16-24(28-25(31)27-21-13-11-20(26)12-14-21)30(29-23)22-10-6-9-19(15-22)18-7-4-3-5-8-18/h3-16H,1H2,2H3,(H2,27,28,31). The number of rotatable bonds is 5. The lowest BCUT2D eigenvalue weighted by Crippen LogP contribution is -2.21. The van der Waals surface area contributed by atoms with E-state index in [-0.39, 0.29) is 6.03 Å².